The Balaban J connectivity index is 2.74. The van der Waals surface area contributed by atoms with E-state index in [1.165, 1.54) is 0 Å². The van der Waals surface area contributed by atoms with Gasteiger partial charge in [-0.25, -0.2) is 0 Å². The predicted octanol–water partition coefficient (Wildman–Crippen LogP) is 3.19. The third-order valence-electron chi connectivity index (χ3n) is 3.30. The zero-order chi connectivity index (χ0) is 15.7. The summed E-state index contributed by atoms with van der Waals surface area (Å²) in [6.07, 6.45) is 1.94. The minimum Gasteiger partial charge on any atom is -0.463 e. The number of hydrogen-bond acceptors (Lipinski definition) is 6. The van der Waals surface area contributed by atoms with E-state index < -0.39 is 0 Å². The summed E-state index contributed by atoms with van der Waals surface area (Å²) in [5.41, 5.74) is 0. The van der Waals surface area contributed by atoms with E-state index in [0.717, 1.165) is 25.9 Å². The van der Waals surface area contributed by atoms with Crippen molar-refractivity contribution >= 4 is 11.9 Å². The van der Waals surface area contributed by atoms with Crippen LogP contribution in [0.4, 0.5) is 11.9 Å². The van der Waals surface area contributed by atoms with Crippen molar-refractivity contribution in [2.45, 2.75) is 47.5 Å². The van der Waals surface area contributed by atoms with Crippen LogP contribution >= 0.6 is 0 Å². The molecule has 0 fully saturated rings. The molecule has 120 valence electrons. The molecule has 0 spiro atoms. The van der Waals surface area contributed by atoms with Crippen molar-refractivity contribution in [3.05, 3.63) is 0 Å². The van der Waals surface area contributed by atoms with Crippen LogP contribution in [0.3, 0.4) is 0 Å². The summed E-state index contributed by atoms with van der Waals surface area (Å²) < 4.78 is 5.53. The van der Waals surface area contributed by atoms with Gasteiger partial charge < -0.3 is 15.4 Å². The number of nitrogens with one attached hydrogen (secondary N) is 2. The Bertz CT molecular complexity index is 385. The molecule has 0 amide bonds. The van der Waals surface area contributed by atoms with Crippen LogP contribution in [0.2, 0.25) is 0 Å². The maximum Gasteiger partial charge on any atom is 0.323 e. The first-order valence-corrected chi connectivity index (χ1v) is 7.93. The van der Waals surface area contributed by atoms with Crippen molar-refractivity contribution in [1.82, 2.24) is 15.0 Å². The fraction of sp³-hybridized carbons (Fsp3) is 0.800. The number of ether oxygens (including phenoxy) is 1. The summed E-state index contributed by atoms with van der Waals surface area (Å²) in [5.74, 6) is 2.31. The number of aromatic nitrogens is 3. The second-order valence-electron chi connectivity index (χ2n) is 5.64. The van der Waals surface area contributed by atoms with Crippen molar-refractivity contribution < 1.29 is 4.74 Å². The van der Waals surface area contributed by atoms with Gasteiger partial charge in [-0.2, -0.15) is 15.0 Å². The van der Waals surface area contributed by atoms with Crippen LogP contribution in [0.5, 0.6) is 6.01 Å². The molecular weight excluding hydrogens is 266 g/mol. The van der Waals surface area contributed by atoms with Gasteiger partial charge in [-0.3, -0.25) is 0 Å². The number of anilines is 2. The molecule has 1 heterocycles. The monoisotopic (exact) mass is 295 g/mol. The maximum absolute atomic E-state index is 5.53. The molecular formula is C15H29N5O. The first-order chi connectivity index (χ1) is 10.1. The molecule has 0 aromatic carbocycles. The van der Waals surface area contributed by atoms with E-state index >= 15 is 0 Å². The fourth-order valence-corrected chi connectivity index (χ4v) is 1.50. The van der Waals surface area contributed by atoms with Crippen molar-refractivity contribution in [1.29, 1.82) is 0 Å². The average molecular weight is 295 g/mol. The lowest BCUT2D eigenvalue weighted by Crippen LogP contribution is -2.18. The standard InChI is InChI=1S/C15H29N5O/c1-6-8-16-13-18-14(17-10-12(5)11(3)4)20-15(19-13)21-9-7-2/h11-12H,6-10H2,1-5H3,(H2,16,17,18,19,20). The Hall–Kier alpha value is -1.59. The number of hydrogen-bond donors (Lipinski definition) is 2. The fourth-order valence-electron chi connectivity index (χ4n) is 1.50. The highest BCUT2D eigenvalue weighted by atomic mass is 16.5. The summed E-state index contributed by atoms with van der Waals surface area (Å²) in [7, 11) is 0. The van der Waals surface area contributed by atoms with E-state index in [-0.39, 0.29) is 0 Å². The summed E-state index contributed by atoms with van der Waals surface area (Å²) in [4.78, 5) is 13.0. The Labute approximate surface area is 128 Å². The molecule has 0 aliphatic rings. The van der Waals surface area contributed by atoms with Gasteiger partial charge in [-0.05, 0) is 24.7 Å². The van der Waals surface area contributed by atoms with E-state index in [0.29, 0.717) is 36.3 Å². The van der Waals surface area contributed by atoms with Gasteiger partial charge in [0.2, 0.25) is 11.9 Å². The molecule has 0 aliphatic carbocycles. The van der Waals surface area contributed by atoms with Gasteiger partial charge in [0.15, 0.2) is 0 Å². The first kappa shape index (κ1) is 17.5. The Kier molecular flexibility index (Phi) is 7.79. The molecule has 0 saturated heterocycles. The van der Waals surface area contributed by atoms with Gasteiger partial charge in [0.1, 0.15) is 0 Å². The lowest BCUT2D eigenvalue weighted by molar-refractivity contribution is 0.292. The van der Waals surface area contributed by atoms with Crippen LogP contribution < -0.4 is 15.4 Å². The average Bonchev–Trinajstić information content (AvgIpc) is 2.48. The quantitative estimate of drug-likeness (QED) is 0.690. The third kappa shape index (κ3) is 6.60. The van der Waals surface area contributed by atoms with Crippen molar-refractivity contribution in [2.75, 3.05) is 30.3 Å². The highest BCUT2D eigenvalue weighted by Crippen LogP contribution is 2.14. The lowest BCUT2D eigenvalue weighted by Gasteiger charge is -2.16. The van der Waals surface area contributed by atoms with E-state index in [1.54, 1.807) is 0 Å². The zero-order valence-electron chi connectivity index (χ0n) is 13.9. The number of rotatable bonds is 10. The SMILES string of the molecule is CCCNc1nc(NCC(C)C(C)C)nc(OCCC)n1. The van der Waals surface area contributed by atoms with Crippen molar-refractivity contribution in [2.24, 2.45) is 11.8 Å². The molecule has 1 aromatic rings. The van der Waals surface area contributed by atoms with Gasteiger partial charge in [0, 0.05) is 13.1 Å². The van der Waals surface area contributed by atoms with Gasteiger partial charge in [0.05, 0.1) is 6.61 Å². The van der Waals surface area contributed by atoms with E-state index in [9.17, 15) is 0 Å². The first-order valence-electron chi connectivity index (χ1n) is 7.93. The molecule has 1 rings (SSSR count). The van der Waals surface area contributed by atoms with E-state index in [1.807, 2.05) is 0 Å². The Morgan fingerprint density at radius 1 is 0.952 bits per heavy atom. The Morgan fingerprint density at radius 3 is 2.19 bits per heavy atom. The second kappa shape index (κ2) is 9.37. The Morgan fingerprint density at radius 2 is 1.62 bits per heavy atom. The topological polar surface area (TPSA) is 72.0 Å². The molecule has 1 aromatic heterocycles. The lowest BCUT2D eigenvalue weighted by atomic mass is 9.98. The molecule has 6 heteroatoms. The molecule has 1 unspecified atom stereocenters. The van der Waals surface area contributed by atoms with Crippen LogP contribution in [0.25, 0.3) is 0 Å². The second-order valence-corrected chi connectivity index (χ2v) is 5.64. The molecule has 21 heavy (non-hydrogen) atoms. The van der Waals surface area contributed by atoms with Crippen molar-refractivity contribution in [3.63, 3.8) is 0 Å². The van der Waals surface area contributed by atoms with Crippen LogP contribution in [0.15, 0.2) is 0 Å². The maximum atomic E-state index is 5.53. The van der Waals surface area contributed by atoms with Gasteiger partial charge in [-0.1, -0.05) is 34.6 Å². The highest BCUT2D eigenvalue weighted by molar-refractivity contribution is 5.35. The van der Waals surface area contributed by atoms with Gasteiger partial charge in [-0.15, -0.1) is 0 Å². The normalized spacial score (nSPS) is 12.3. The third-order valence-corrected chi connectivity index (χ3v) is 3.30. The summed E-state index contributed by atoms with van der Waals surface area (Å²) in [5, 5.41) is 6.46. The largest absolute Gasteiger partial charge is 0.463 e. The molecule has 1 atom stereocenters. The highest BCUT2D eigenvalue weighted by Gasteiger charge is 2.10. The summed E-state index contributed by atoms with van der Waals surface area (Å²) >= 11 is 0. The van der Waals surface area contributed by atoms with Crippen LogP contribution in [-0.4, -0.2) is 34.6 Å². The minimum atomic E-state index is 0.380. The zero-order valence-corrected chi connectivity index (χ0v) is 13.9. The minimum absolute atomic E-state index is 0.380. The molecule has 0 bridgehead atoms. The molecule has 6 nitrogen and oxygen atoms in total. The van der Waals surface area contributed by atoms with Gasteiger partial charge in [0.25, 0.3) is 0 Å². The van der Waals surface area contributed by atoms with E-state index in [2.05, 4.69) is 60.2 Å². The molecule has 0 aliphatic heterocycles. The van der Waals surface area contributed by atoms with Crippen LogP contribution in [0, 0.1) is 11.8 Å². The smallest absolute Gasteiger partial charge is 0.323 e. The van der Waals surface area contributed by atoms with Gasteiger partial charge >= 0.3 is 6.01 Å². The molecule has 0 saturated carbocycles. The van der Waals surface area contributed by atoms with Crippen molar-refractivity contribution in [3.8, 4) is 6.01 Å². The molecule has 2 N–H and O–H groups in total. The number of nitrogens with zero attached hydrogens (tertiary/aromatic N) is 3. The van der Waals surface area contributed by atoms with Crippen LogP contribution in [-0.2, 0) is 0 Å². The molecule has 0 radical (unpaired) electrons. The summed E-state index contributed by atoms with van der Waals surface area (Å²) in [6, 6.07) is 0.380. The summed E-state index contributed by atoms with van der Waals surface area (Å²) in [6.45, 7) is 13.1. The van der Waals surface area contributed by atoms with Crippen LogP contribution in [0.1, 0.15) is 47.5 Å². The van der Waals surface area contributed by atoms with E-state index in [4.69, 9.17) is 4.74 Å². The predicted molar refractivity (Wildman–Crippen MR) is 86.9 cm³/mol.